The van der Waals surface area contributed by atoms with E-state index in [-0.39, 0.29) is 18.3 Å². The number of methoxy groups -OCH3 is 1. The molecule has 0 saturated carbocycles. The van der Waals surface area contributed by atoms with Gasteiger partial charge in [-0.3, -0.25) is 0 Å². The molecule has 5 heteroatoms. The second-order valence-electron chi connectivity index (χ2n) is 5.93. The maximum absolute atomic E-state index is 6.03. The van der Waals surface area contributed by atoms with Crippen molar-refractivity contribution in [2.45, 2.75) is 50.8 Å². The van der Waals surface area contributed by atoms with E-state index in [9.17, 15) is 0 Å². The summed E-state index contributed by atoms with van der Waals surface area (Å²) in [4.78, 5) is 0. The van der Waals surface area contributed by atoms with Gasteiger partial charge in [0.1, 0.15) is 24.1 Å². The zero-order valence-corrected chi connectivity index (χ0v) is 13.2. The molecule has 3 rings (SSSR count). The van der Waals surface area contributed by atoms with Crippen molar-refractivity contribution in [2.24, 2.45) is 0 Å². The van der Waals surface area contributed by atoms with E-state index in [1.165, 1.54) is 0 Å². The fourth-order valence-electron chi connectivity index (χ4n) is 2.80. The Labute approximate surface area is 130 Å². The Balaban J connectivity index is 1.65. The van der Waals surface area contributed by atoms with Crippen molar-refractivity contribution >= 4 is 0 Å². The second-order valence-corrected chi connectivity index (χ2v) is 5.93. The Hall–Kier alpha value is -1.40. The Kier molecular flexibility index (Phi) is 4.23. The molecule has 0 N–H and O–H groups in total. The van der Waals surface area contributed by atoms with Crippen molar-refractivity contribution in [1.29, 1.82) is 0 Å². The minimum absolute atomic E-state index is 0.230. The van der Waals surface area contributed by atoms with Gasteiger partial charge >= 0.3 is 0 Å². The number of ether oxygens (including phenoxy) is 5. The molecule has 2 aliphatic heterocycles. The van der Waals surface area contributed by atoms with E-state index in [1.807, 2.05) is 38.1 Å². The first-order valence-corrected chi connectivity index (χ1v) is 7.40. The molecule has 2 aliphatic rings. The van der Waals surface area contributed by atoms with Gasteiger partial charge in [-0.05, 0) is 31.5 Å². The van der Waals surface area contributed by atoms with Gasteiger partial charge < -0.3 is 23.7 Å². The highest BCUT2D eigenvalue weighted by atomic mass is 16.8. The van der Waals surface area contributed by atoms with Gasteiger partial charge in [0.05, 0.1) is 13.7 Å². The van der Waals surface area contributed by atoms with Crippen LogP contribution < -0.4 is 4.74 Å². The summed E-state index contributed by atoms with van der Waals surface area (Å²) in [7, 11) is 1.65. The minimum atomic E-state index is -0.650. The van der Waals surface area contributed by atoms with Crippen LogP contribution in [-0.4, -0.2) is 37.5 Å². The summed E-state index contributed by atoms with van der Waals surface area (Å²) in [5.74, 6) is 0.176. The fraction of sp³-hybridized carbons (Fsp3) is 0.529. The third-order valence-corrected chi connectivity index (χ3v) is 3.86. The molecular weight excluding hydrogens is 284 g/mol. The van der Waals surface area contributed by atoms with Gasteiger partial charge in [0.25, 0.3) is 0 Å². The normalized spacial score (nSPS) is 32.7. The summed E-state index contributed by atoms with van der Waals surface area (Å²) in [5, 5.41) is 0. The third-order valence-electron chi connectivity index (χ3n) is 3.86. The molecule has 0 radical (unpaired) electrons. The van der Waals surface area contributed by atoms with Crippen molar-refractivity contribution in [1.82, 2.24) is 0 Å². The predicted octanol–water partition coefficient (Wildman–Crippen LogP) is 2.64. The average Bonchev–Trinajstić information content (AvgIpc) is 2.97. The summed E-state index contributed by atoms with van der Waals surface area (Å²) in [5.41, 5.74) is 1.06. The molecule has 0 unspecified atom stereocenters. The molecule has 0 aliphatic carbocycles. The van der Waals surface area contributed by atoms with Crippen LogP contribution in [0.5, 0.6) is 5.75 Å². The molecule has 0 aromatic heterocycles. The molecular formula is C17H22O5. The molecule has 2 heterocycles. The summed E-state index contributed by atoms with van der Waals surface area (Å²) in [6, 6.07) is 7.78. The standard InChI is InChI=1S/C17H22O5/c1-5-13-14(15-16(20-13)22-17(2,3)21-15)19-10-11-6-8-12(18-4)9-7-11/h5-9,13-16H,1,10H2,2-4H3/t13-,14-,15+,16+/m1/s1. The Morgan fingerprint density at radius 3 is 2.59 bits per heavy atom. The molecule has 5 nitrogen and oxygen atoms in total. The van der Waals surface area contributed by atoms with Gasteiger partial charge in [-0.1, -0.05) is 18.2 Å². The predicted molar refractivity (Wildman–Crippen MR) is 80.5 cm³/mol. The Morgan fingerprint density at radius 2 is 1.95 bits per heavy atom. The average molecular weight is 306 g/mol. The van der Waals surface area contributed by atoms with Crippen LogP contribution in [0.2, 0.25) is 0 Å². The van der Waals surface area contributed by atoms with E-state index in [2.05, 4.69) is 6.58 Å². The maximum Gasteiger partial charge on any atom is 0.190 e. The van der Waals surface area contributed by atoms with Gasteiger partial charge in [-0.2, -0.15) is 0 Å². The SMILES string of the molecule is C=C[C@H]1O[C@H]2OC(C)(C)O[C@H]2[C@@H]1OCc1ccc(OC)cc1. The van der Waals surface area contributed by atoms with E-state index in [0.717, 1.165) is 11.3 Å². The number of fused-ring (bicyclic) bond motifs is 1. The first kappa shape index (κ1) is 15.5. The smallest absolute Gasteiger partial charge is 0.190 e. The van der Waals surface area contributed by atoms with Gasteiger partial charge in [0, 0.05) is 0 Å². The van der Waals surface area contributed by atoms with Crippen molar-refractivity contribution < 1.29 is 23.7 Å². The molecule has 120 valence electrons. The lowest BCUT2D eigenvalue weighted by atomic mass is 10.1. The van der Waals surface area contributed by atoms with Gasteiger partial charge in [-0.25, -0.2) is 0 Å². The Morgan fingerprint density at radius 1 is 1.23 bits per heavy atom. The van der Waals surface area contributed by atoms with Crippen molar-refractivity contribution in [3.05, 3.63) is 42.5 Å². The molecule has 4 atom stereocenters. The van der Waals surface area contributed by atoms with Crippen LogP contribution >= 0.6 is 0 Å². The molecule has 2 fully saturated rings. The van der Waals surface area contributed by atoms with E-state index in [4.69, 9.17) is 23.7 Å². The zero-order valence-electron chi connectivity index (χ0n) is 13.2. The van der Waals surface area contributed by atoms with Crippen molar-refractivity contribution in [3.8, 4) is 5.75 Å². The number of hydrogen-bond acceptors (Lipinski definition) is 5. The lowest BCUT2D eigenvalue weighted by Crippen LogP contribution is -2.35. The first-order valence-electron chi connectivity index (χ1n) is 7.40. The highest BCUT2D eigenvalue weighted by molar-refractivity contribution is 5.26. The quantitative estimate of drug-likeness (QED) is 0.783. The Bertz CT molecular complexity index is 524. The molecule has 0 amide bonds. The van der Waals surface area contributed by atoms with Crippen LogP contribution in [0.25, 0.3) is 0 Å². The van der Waals surface area contributed by atoms with Crippen LogP contribution in [-0.2, 0) is 25.6 Å². The lowest BCUT2D eigenvalue weighted by Gasteiger charge is -2.24. The van der Waals surface area contributed by atoms with E-state index >= 15 is 0 Å². The molecule has 0 spiro atoms. The molecule has 22 heavy (non-hydrogen) atoms. The zero-order chi connectivity index (χ0) is 15.7. The van der Waals surface area contributed by atoms with Crippen LogP contribution in [0.4, 0.5) is 0 Å². The van der Waals surface area contributed by atoms with Gasteiger partial charge in [0.2, 0.25) is 0 Å². The topological polar surface area (TPSA) is 46.2 Å². The maximum atomic E-state index is 6.03. The minimum Gasteiger partial charge on any atom is -0.497 e. The second kappa shape index (κ2) is 6.01. The van der Waals surface area contributed by atoms with Crippen molar-refractivity contribution in [2.75, 3.05) is 7.11 Å². The fourth-order valence-corrected chi connectivity index (χ4v) is 2.80. The highest BCUT2D eigenvalue weighted by Gasteiger charge is 2.54. The summed E-state index contributed by atoms with van der Waals surface area (Å²) in [6.07, 6.45) is 0.627. The van der Waals surface area contributed by atoms with Crippen LogP contribution in [0.15, 0.2) is 36.9 Å². The third kappa shape index (κ3) is 3.03. The van der Waals surface area contributed by atoms with Crippen LogP contribution in [0.1, 0.15) is 19.4 Å². The molecule has 2 saturated heterocycles. The van der Waals surface area contributed by atoms with Crippen LogP contribution in [0.3, 0.4) is 0 Å². The van der Waals surface area contributed by atoms with E-state index in [0.29, 0.717) is 6.61 Å². The first-order chi connectivity index (χ1) is 10.5. The summed E-state index contributed by atoms with van der Waals surface area (Å²) in [6.45, 7) is 8.02. The van der Waals surface area contributed by atoms with Gasteiger partial charge in [0.15, 0.2) is 12.1 Å². The largest absolute Gasteiger partial charge is 0.497 e. The highest BCUT2D eigenvalue weighted by Crippen LogP contribution is 2.39. The van der Waals surface area contributed by atoms with Gasteiger partial charge in [-0.15, -0.1) is 6.58 Å². The van der Waals surface area contributed by atoms with Crippen LogP contribution in [0, 0.1) is 0 Å². The molecule has 0 bridgehead atoms. The lowest BCUT2D eigenvalue weighted by molar-refractivity contribution is -0.213. The monoisotopic (exact) mass is 306 g/mol. The molecule has 1 aromatic carbocycles. The summed E-state index contributed by atoms with van der Waals surface area (Å²) >= 11 is 0. The molecule has 1 aromatic rings. The van der Waals surface area contributed by atoms with E-state index in [1.54, 1.807) is 13.2 Å². The summed E-state index contributed by atoms with van der Waals surface area (Å²) < 4.78 is 28.6. The van der Waals surface area contributed by atoms with Crippen molar-refractivity contribution in [3.63, 3.8) is 0 Å². The number of hydrogen-bond donors (Lipinski definition) is 0. The van der Waals surface area contributed by atoms with E-state index < -0.39 is 12.1 Å². The number of benzene rings is 1. The number of rotatable bonds is 5.